The van der Waals surface area contributed by atoms with E-state index >= 15 is 0 Å². The number of ether oxygens (including phenoxy) is 3. The van der Waals surface area contributed by atoms with Crippen molar-refractivity contribution in [1.82, 2.24) is 19.4 Å². The minimum absolute atomic E-state index is 0.324. The van der Waals surface area contributed by atoms with Crippen LogP contribution in [0.5, 0.6) is 0 Å². The molecule has 2 aromatic heterocycles. The molecule has 0 saturated carbocycles. The molecule has 1 aromatic carbocycles. The molecule has 12 heteroatoms. The van der Waals surface area contributed by atoms with Crippen molar-refractivity contribution in [3.63, 3.8) is 0 Å². The van der Waals surface area contributed by atoms with E-state index in [9.17, 15) is 9.90 Å². The van der Waals surface area contributed by atoms with Gasteiger partial charge < -0.3 is 39.0 Å². The fourth-order valence-electron chi connectivity index (χ4n) is 5.62. The number of aliphatic hydroxyl groups is 1. The molecule has 5 rings (SSSR count). The number of nitrogens with one attached hydrogen (secondary N) is 1. The molecular weight excluding hydrogens is 588 g/mol. The second kappa shape index (κ2) is 13.7. The van der Waals surface area contributed by atoms with Crippen LogP contribution >= 0.6 is 0 Å². The minimum Gasteiger partial charge on any atom is -0.444 e. The van der Waals surface area contributed by atoms with E-state index in [0.717, 1.165) is 59.5 Å². The summed E-state index contributed by atoms with van der Waals surface area (Å²) in [7, 11) is -1.22. The summed E-state index contributed by atoms with van der Waals surface area (Å²) in [5.74, 6) is 0.926. The van der Waals surface area contributed by atoms with Gasteiger partial charge in [0.1, 0.15) is 30.1 Å². The van der Waals surface area contributed by atoms with Crippen LogP contribution in [0.3, 0.4) is 0 Å². The fraction of sp³-hybridized carbons (Fsp3) is 0.606. The first-order valence-electron chi connectivity index (χ1n) is 16.1. The van der Waals surface area contributed by atoms with E-state index in [1.54, 1.807) is 11.2 Å². The first-order valence-corrected chi connectivity index (χ1v) is 19.8. The number of fused-ring (bicyclic) bond motifs is 1. The van der Waals surface area contributed by atoms with Gasteiger partial charge in [-0.05, 0) is 63.4 Å². The van der Waals surface area contributed by atoms with E-state index in [1.165, 1.54) is 0 Å². The van der Waals surface area contributed by atoms with Gasteiger partial charge in [-0.15, -0.1) is 0 Å². The summed E-state index contributed by atoms with van der Waals surface area (Å²) in [5.41, 5.74) is 2.41. The Balaban J connectivity index is 1.29. The van der Waals surface area contributed by atoms with Crippen molar-refractivity contribution >= 4 is 36.7 Å². The molecule has 0 unspecified atom stereocenters. The number of nitrogens with zero attached hydrogens (tertiary/aromatic N) is 5. The van der Waals surface area contributed by atoms with E-state index in [0.29, 0.717) is 52.4 Å². The molecule has 0 atom stereocenters. The highest BCUT2D eigenvalue weighted by molar-refractivity contribution is 6.76. The van der Waals surface area contributed by atoms with Crippen molar-refractivity contribution in [1.29, 1.82) is 0 Å². The molecule has 45 heavy (non-hydrogen) atoms. The van der Waals surface area contributed by atoms with Crippen molar-refractivity contribution in [2.45, 2.75) is 77.2 Å². The highest BCUT2D eigenvalue weighted by Crippen LogP contribution is 2.33. The van der Waals surface area contributed by atoms with Gasteiger partial charge in [-0.25, -0.2) is 14.8 Å². The Labute approximate surface area is 267 Å². The molecule has 0 radical (unpaired) electrons. The van der Waals surface area contributed by atoms with Gasteiger partial charge in [-0.1, -0.05) is 31.8 Å². The lowest BCUT2D eigenvalue weighted by molar-refractivity contribution is -0.0244. The van der Waals surface area contributed by atoms with Crippen LogP contribution < -0.4 is 10.2 Å². The molecular formula is C33H50N6O5Si. The molecule has 2 fully saturated rings. The quantitative estimate of drug-likeness (QED) is 0.222. The molecule has 0 bridgehead atoms. The maximum Gasteiger partial charge on any atom is 0.410 e. The number of benzene rings is 1. The number of morpholine rings is 1. The molecule has 0 spiro atoms. The van der Waals surface area contributed by atoms with Crippen LogP contribution in [0.1, 0.15) is 33.6 Å². The summed E-state index contributed by atoms with van der Waals surface area (Å²) in [4.78, 5) is 25.8. The average molecular weight is 639 g/mol. The number of aromatic nitrogens is 3. The Morgan fingerprint density at radius 2 is 1.76 bits per heavy atom. The molecule has 2 aliphatic heterocycles. The Hall–Kier alpha value is -3.19. The third-order valence-corrected chi connectivity index (χ3v) is 10.0. The maximum atomic E-state index is 12.4. The van der Waals surface area contributed by atoms with Crippen molar-refractivity contribution in [3.05, 3.63) is 36.7 Å². The summed E-state index contributed by atoms with van der Waals surface area (Å²) in [6.07, 6.45) is 2.30. The summed E-state index contributed by atoms with van der Waals surface area (Å²) in [5, 5.41) is 15.6. The second-order valence-corrected chi connectivity index (χ2v) is 20.1. The Morgan fingerprint density at radius 1 is 1.07 bits per heavy atom. The molecule has 246 valence electrons. The molecule has 4 heterocycles. The number of carbonyl (C=O) groups is 1. The summed E-state index contributed by atoms with van der Waals surface area (Å²) >= 11 is 0. The van der Waals surface area contributed by atoms with Crippen LogP contribution in [0.15, 0.2) is 36.7 Å². The van der Waals surface area contributed by atoms with Gasteiger partial charge in [0.15, 0.2) is 0 Å². The highest BCUT2D eigenvalue weighted by Gasteiger charge is 2.35. The second-order valence-electron chi connectivity index (χ2n) is 14.5. The fourth-order valence-corrected chi connectivity index (χ4v) is 6.37. The average Bonchev–Trinajstić information content (AvgIpc) is 3.36. The van der Waals surface area contributed by atoms with E-state index in [-0.39, 0.29) is 6.09 Å². The standard InChI is InChI=1S/C33H50N6O5Si/c1-32(2,3)44-31(40)38-13-11-33(41,12-14-38)22-34-26-9-7-25(8-10-26)28-21-27-29(37-15-17-42-18-16-37)35-23-36-30(27)39(28)24-43-19-20-45(4,5)6/h7-10,21,23,34,41H,11-20,22,24H2,1-6H3. The van der Waals surface area contributed by atoms with Gasteiger partial charge in [-0.3, -0.25) is 0 Å². The number of amides is 1. The van der Waals surface area contributed by atoms with Crippen LogP contribution in [-0.2, 0) is 20.9 Å². The smallest absolute Gasteiger partial charge is 0.410 e. The first kappa shape index (κ1) is 33.2. The topological polar surface area (TPSA) is 114 Å². The molecule has 2 saturated heterocycles. The molecule has 11 nitrogen and oxygen atoms in total. The normalized spacial score (nSPS) is 17.5. The summed E-state index contributed by atoms with van der Waals surface area (Å²) in [6.45, 7) is 18.1. The third-order valence-electron chi connectivity index (χ3n) is 8.34. The number of anilines is 2. The Morgan fingerprint density at radius 3 is 2.40 bits per heavy atom. The number of piperidine rings is 1. The molecule has 2 N–H and O–H groups in total. The summed E-state index contributed by atoms with van der Waals surface area (Å²) < 4.78 is 19.5. The van der Waals surface area contributed by atoms with E-state index in [4.69, 9.17) is 19.2 Å². The van der Waals surface area contributed by atoms with Crippen molar-refractivity contribution < 1.29 is 24.1 Å². The number of carbonyl (C=O) groups excluding carboxylic acids is 1. The molecule has 3 aromatic rings. The van der Waals surface area contributed by atoms with Crippen molar-refractivity contribution in [2.24, 2.45) is 0 Å². The summed E-state index contributed by atoms with van der Waals surface area (Å²) in [6, 6.07) is 11.5. The monoisotopic (exact) mass is 638 g/mol. The van der Waals surface area contributed by atoms with E-state index in [1.807, 2.05) is 32.9 Å². The predicted molar refractivity (Wildman–Crippen MR) is 181 cm³/mol. The zero-order valence-corrected chi connectivity index (χ0v) is 28.8. The zero-order valence-electron chi connectivity index (χ0n) is 27.8. The van der Waals surface area contributed by atoms with Gasteiger partial charge in [0.25, 0.3) is 0 Å². The van der Waals surface area contributed by atoms with Crippen molar-refractivity contribution in [3.8, 4) is 11.3 Å². The van der Waals surface area contributed by atoms with Crippen LogP contribution in [0.4, 0.5) is 16.3 Å². The maximum absolute atomic E-state index is 12.4. The van der Waals surface area contributed by atoms with Crippen LogP contribution in [-0.4, -0.2) is 102 Å². The highest BCUT2D eigenvalue weighted by atomic mass is 28.3. The number of rotatable bonds is 10. The number of hydrogen-bond donors (Lipinski definition) is 2. The zero-order chi connectivity index (χ0) is 32.2. The predicted octanol–water partition coefficient (Wildman–Crippen LogP) is 5.42. The van der Waals surface area contributed by atoms with Gasteiger partial charge in [0, 0.05) is 53.1 Å². The lowest BCUT2D eigenvalue weighted by Gasteiger charge is -2.38. The Kier molecular flexibility index (Phi) is 10.1. The first-order chi connectivity index (χ1) is 21.3. The number of hydrogen-bond acceptors (Lipinski definition) is 9. The Bertz CT molecular complexity index is 1430. The van der Waals surface area contributed by atoms with Crippen LogP contribution in [0.25, 0.3) is 22.3 Å². The largest absolute Gasteiger partial charge is 0.444 e. The minimum atomic E-state index is -1.22. The van der Waals surface area contributed by atoms with Gasteiger partial charge in [-0.2, -0.15) is 0 Å². The van der Waals surface area contributed by atoms with E-state index < -0.39 is 19.3 Å². The molecule has 1 amide bonds. The van der Waals surface area contributed by atoms with Gasteiger partial charge in [0.2, 0.25) is 0 Å². The van der Waals surface area contributed by atoms with E-state index in [2.05, 4.69) is 57.6 Å². The van der Waals surface area contributed by atoms with Gasteiger partial charge >= 0.3 is 6.09 Å². The third kappa shape index (κ3) is 8.75. The molecule has 0 aliphatic carbocycles. The lowest BCUT2D eigenvalue weighted by Crippen LogP contribution is -2.50. The lowest BCUT2D eigenvalue weighted by atomic mass is 9.91. The van der Waals surface area contributed by atoms with Crippen LogP contribution in [0.2, 0.25) is 25.7 Å². The van der Waals surface area contributed by atoms with Crippen molar-refractivity contribution in [2.75, 3.05) is 62.8 Å². The van der Waals surface area contributed by atoms with Gasteiger partial charge in [0.05, 0.1) is 29.9 Å². The van der Waals surface area contributed by atoms with Crippen LogP contribution in [0, 0.1) is 0 Å². The molecule has 2 aliphatic rings. The number of likely N-dealkylation sites (tertiary alicyclic amines) is 1. The SMILES string of the molecule is CC(C)(C)OC(=O)N1CCC(O)(CNc2ccc(-c3cc4c(N5CCOCC5)ncnc4n3COCC[Si](C)(C)C)cc2)CC1.